The summed E-state index contributed by atoms with van der Waals surface area (Å²) in [5.74, 6) is -1.03. The van der Waals surface area contributed by atoms with Crippen molar-refractivity contribution in [2.24, 2.45) is 0 Å². The summed E-state index contributed by atoms with van der Waals surface area (Å²) in [5.41, 5.74) is 2.36. The van der Waals surface area contributed by atoms with Crippen LogP contribution < -0.4 is 10.6 Å². The quantitative estimate of drug-likeness (QED) is 0.496. The summed E-state index contributed by atoms with van der Waals surface area (Å²) in [4.78, 5) is 15.1. The maximum absolute atomic E-state index is 11.1. The normalized spacial score (nSPS) is 11.7. The zero-order chi connectivity index (χ0) is 16.7. The third kappa shape index (κ3) is 4.94. The Labute approximate surface area is 133 Å². The first kappa shape index (κ1) is 16.7. The van der Waals surface area contributed by atoms with Crippen molar-refractivity contribution in [2.45, 2.75) is 12.6 Å². The number of carboxylic acid groups (broad SMARTS) is 1. The third-order valence-electron chi connectivity index (χ3n) is 3.21. The smallest absolute Gasteiger partial charge is 0.335 e. The van der Waals surface area contributed by atoms with E-state index >= 15 is 0 Å². The molecule has 7 heteroatoms. The monoisotopic (exact) mass is 317 g/mol. The average Bonchev–Trinajstić information content (AvgIpc) is 2.58. The highest BCUT2D eigenvalue weighted by Gasteiger charge is 2.10. The Morgan fingerprint density at radius 1 is 1.22 bits per heavy atom. The number of pyridine rings is 1. The summed E-state index contributed by atoms with van der Waals surface area (Å²) in [6.45, 7) is 0.267. The summed E-state index contributed by atoms with van der Waals surface area (Å²) in [5, 5.41) is 33.5. The van der Waals surface area contributed by atoms with Crippen LogP contribution in [0.4, 0.5) is 11.4 Å². The number of aliphatic hydroxyl groups excluding tert-OH is 2. The lowest BCUT2D eigenvalue weighted by molar-refractivity contribution is 0.0697. The first-order valence-corrected chi connectivity index (χ1v) is 7.13. The molecule has 7 nitrogen and oxygen atoms in total. The number of nitrogens with zero attached hydrogens (tertiary/aromatic N) is 1. The van der Waals surface area contributed by atoms with Crippen LogP contribution in [0.25, 0.3) is 0 Å². The molecule has 1 aromatic heterocycles. The molecule has 1 atom stereocenters. The van der Waals surface area contributed by atoms with Crippen LogP contribution in [-0.2, 0) is 6.54 Å². The molecule has 0 amide bonds. The minimum Gasteiger partial charge on any atom is -0.478 e. The molecule has 0 bridgehead atoms. The zero-order valence-electron chi connectivity index (χ0n) is 12.4. The van der Waals surface area contributed by atoms with Gasteiger partial charge in [-0.1, -0.05) is 6.07 Å². The number of benzene rings is 1. The van der Waals surface area contributed by atoms with Gasteiger partial charge >= 0.3 is 5.97 Å². The fourth-order valence-electron chi connectivity index (χ4n) is 1.97. The first-order valence-electron chi connectivity index (χ1n) is 7.13. The predicted octanol–water partition coefficient (Wildman–Crippen LogP) is 1.16. The second-order valence-corrected chi connectivity index (χ2v) is 5.00. The van der Waals surface area contributed by atoms with E-state index in [1.54, 1.807) is 18.5 Å². The van der Waals surface area contributed by atoms with E-state index in [1.807, 2.05) is 12.1 Å². The maximum Gasteiger partial charge on any atom is 0.335 e. The van der Waals surface area contributed by atoms with Crippen LogP contribution in [0.3, 0.4) is 0 Å². The molecule has 1 unspecified atom stereocenters. The van der Waals surface area contributed by atoms with Crippen LogP contribution in [0.15, 0.2) is 42.7 Å². The highest BCUT2D eigenvalue weighted by molar-refractivity contribution is 5.90. The van der Waals surface area contributed by atoms with Gasteiger partial charge in [0, 0.05) is 25.5 Å². The molecular weight excluding hydrogens is 298 g/mol. The van der Waals surface area contributed by atoms with Crippen molar-refractivity contribution in [3.63, 3.8) is 0 Å². The minimum absolute atomic E-state index is 0.112. The summed E-state index contributed by atoms with van der Waals surface area (Å²) in [6, 6.07) is 8.41. The molecule has 0 radical (unpaired) electrons. The second-order valence-electron chi connectivity index (χ2n) is 5.00. The van der Waals surface area contributed by atoms with Gasteiger partial charge in [0.1, 0.15) is 0 Å². The molecule has 122 valence electrons. The van der Waals surface area contributed by atoms with Gasteiger partial charge in [-0.25, -0.2) is 4.79 Å². The van der Waals surface area contributed by atoms with Crippen molar-refractivity contribution in [1.82, 2.24) is 4.98 Å². The molecule has 0 spiro atoms. The lowest BCUT2D eigenvalue weighted by Crippen LogP contribution is -2.23. The summed E-state index contributed by atoms with van der Waals surface area (Å²) in [6.07, 6.45) is 2.50. The van der Waals surface area contributed by atoms with Crippen molar-refractivity contribution in [2.75, 3.05) is 23.8 Å². The number of carboxylic acids is 1. The van der Waals surface area contributed by atoms with Crippen LogP contribution in [0.2, 0.25) is 0 Å². The second kappa shape index (κ2) is 8.11. The van der Waals surface area contributed by atoms with Gasteiger partial charge < -0.3 is 26.0 Å². The molecule has 1 heterocycles. The number of carbonyl (C=O) groups is 1. The molecule has 23 heavy (non-hydrogen) atoms. The van der Waals surface area contributed by atoms with E-state index in [9.17, 15) is 9.90 Å². The van der Waals surface area contributed by atoms with Crippen LogP contribution in [-0.4, -0.2) is 45.5 Å². The highest BCUT2D eigenvalue weighted by atomic mass is 16.4. The minimum atomic E-state index is -1.03. The van der Waals surface area contributed by atoms with Crippen LogP contribution in [0.5, 0.6) is 0 Å². The Bertz CT molecular complexity index is 649. The van der Waals surface area contributed by atoms with E-state index in [4.69, 9.17) is 10.2 Å². The molecule has 0 fully saturated rings. The number of nitrogens with one attached hydrogen (secondary N) is 2. The molecule has 0 saturated heterocycles. The number of aliphatic hydroxyl groups is 2. The van der Waals surface area contributed by atoms with Gasteiger partial charge in [0.2, 0.25) is 0 Å². The van der Waals surface area contributed by atoms with Gasteiger partial charge in [-0.2, -0.15) is 0 Å². The van der Waals surface area contributed by atoms with E-state index in [0.717, 1.165) is 5.56 Å². The van der Waals surface area contributed by atoms with Crippen molar-refractivity contribution in [3.8, 4) is 0 Å². The van der Waals surface area contributed by atoms with E-state index < -0.39 is 12.1 Å². The van der Waals surface area contributed by atoms with Gasteiger partial charge in [0.15, 0.2) is 0 Å². The predicted molar refractivity (Wildman–Crippen MR) is 86.5 cm³/mol. The van der Waals surface area contributed by atoms with E-state index in [2.05, 4.69) is 15.6 Å². The highest BCUT2D eigenvalue weighted by Crippen LogP contribution is 2.24. The van der Waals surface area contributed by atoms with Crippen molar-refractivity contribution in [1.29, 1.82) is 0 Å². The molecule has 0 aliphatic rings. The molecule has 0 aliphatic heterocycles. The summed E-state index contributed by atoms with van der Waals surface area (Å²) < 4.78 is 0. The number of aromatic nitrogens is 1. The first-order chi connectivity index (χ1) is 11.1. The number of hydrogen-bond donors (Lipinski definition) is 5. The molecule has 0 aliphatic carbocycles. The zero-order valence-corrected chi connectivity index (χ0v) is 12.4. The van der Waals surface area contributed by atoms with Gasteiger partial charge in [-0.3, -0.25) is 4.98 Å². The largest absolute Gasteiger partial charge is 0.478 e. The Hall–Kier alpha value is -2.64. The van der Waals surface area contributed by atoms with Gasteiger partial charge in [-0.15, -0.1) is 0 Å². The summed E-state index contributed by atoms with van der Waals surface area (Å²) >= 11 is 0. The number of aromatic carboxylic acids is 1. The Morgan fingerprint density at radius 3 is 2.70 bits per heavy atom. The Balaban J connectivity index is 2.14. The SMILES string of the molecule is O=C(O)c1ccc(NCc2cccnc2)c(NCC(O)CO)c1. The lowest BCUT2D eigenvalue weighted by atomic mass is 10.1. The molecule has 2 aromatic rings. The van der Waals surface area contributed by atoms with Crippen molar-refractivity contribution < 1.29 is 20.1 Å². The van der Waals surface area contributed by atoms with Gasteiger partial charge in [0.25, 0.3) is 0 Å². The summed E-state index contributed by atoms with van der Waals surface area (Å²) in [7, 11) is 0. The molecule has 5 N–H and O–H groups in total. The Kier molecular flexibility index (Phi) is 5.90. The van der Waals surface area contributed by atoms with Crippen molar-refractivity contribution >= 4 is 17.3 Å². The molecule has 2 rings (SSSR count). The van der Waals surface area contributed by atoms with Crippen LogP contribution >= 0.6 is 0 Å². The number of rotatable bonds is 8. The van der Waals surface area contributed by atoms with E-state index in [0.29, 0.717) is 17.9 Å². The van der Waals surface area contributed by atoms with Gasteiger partial charge in [-0.05, 0) is 29.8 Å². The fraction of sp³-hybridized carbons (Fsp3) is 0.250. The molecular formula is C16H19N3O4. The van der Waals surface area contributed by atoms with Crippen LogP contribution in [0.1, 0.15) is 15.9 Å². The number of anilines is 2. The third-order valence-corrected chi connectivity index (χ3v) is 3.21. The molecule has 0 saturated carbocycles. The topological polar surface area (TPSA) is 115 Å². The standard InChI is InChI=1S/C16H19N3O4/c20-10-13(21)9-19-15-6-12(16(22)23)3-4-14(15)18-8-11-2-1-5-17-7-11/h1-7,13,18-21H,8-10H2,(H,22,23). The Morgan fingerprint density at radius 2 is 2.04 bits per heavy atom. The van der Waals surface area contributed by atoms with E-state index in [1.165, 1.54) is 12.1 Å². The number of hydrogen-bond acceptors (Lipinski definition) is 6. The lowest BCUT2D eigenvalue weighted by Gasteiger charge is -2.16. The van der Waals surface area contributed by atoms with Crippen LogP contribution in [0, 0.1) is 0 Å². The van der Waals surface area contributed by atoms with Crippen molar-refractivity contribution in [3.05, 3.63) is 53.9 Å². The van der Waals surface area contributed by atoms with Gasteiger partial charge in [0.05, 0.1) is 29.6 Å². The molecule has 1 aromatic carbocycles. The maximum atomic E-state index is 11.1. The fourth-order valence-corrected chi connectivity index (χ4v) is 1.97. The average molecular weight is 317 g/mol. The van der Waals surface area contributed by atoms with E-state index in [-0.39, 0.29) is 18.7 Å².